The van der Waals surface area contributed by atoms with E-state index in [1.165, 1.54) is 12.1 Å². The van der Waals surface area contributed by atoms with Gasteiger partial charge in [0, 0.05) is 10.7 Å². The summed E-state index contributed by atoms with van der Waals surface area (Å²) in [6.45, 7) is 0. The molecular weight excluding hydrogens is 410 g/mol. The predicted molar refractivity (Wildman–Crippen MR) is 79.3 cm³/mol. The molecule has 7 heteroatoms. The maximum Gasteiger partial charge on any atom is 0.144 e. The number of pyridine rings is 1. The van der Waals surface area contributed by atoms with E-state index in [2.05, 4.69) is 42.2 Å². The van der Waals surface area contributed by atoms with Gasteiger partial charge in [0.1, 0.15) is 11.6 Å². The van der Waals surface area contributed by atoms with E-state index in [4.69, 9.17) is 23.2 Å². The Morgan fingerprint density at radius 3 is 2.28 bits per heavy atom. The zero-order valence-electron chi connectivity index (χ0n) is 8.65. The summed E-state index contributed by atoms with van der Waals surface area (Å²) < 4.78 is 14.6. The van der Waals surface area contributed by atoms with Gasteiger partial charge >= 0.3 is 0 Å². The second-order valence-electron chi connectivity index (χ2n) is 3.35. The van der Waals surface area contributed by atoms with E-state index in [1.807, 2.05) is 6.07 Å². The molecule has 2 nitrogen and oxygen atoms in total. The molecule has 0 saturated carbocycles. The van der Waals surface area contributed by atoms with Gasteiger partial charge in [-0.3, -0.25) is 0 Å². The highest BCUT2D eigenvalue weighted by Crippen LogP contribution is 2.35. The first-order chi connectivity index (χ1) is 8.47. The van der Waals surface area contributed by atoms with E-state index in [9.17, 15) is 4.39 Å². The van der Waals surface area contributed by atoms with Crippen molar-refractivity contribution in [3.63, 3.8) is 0 Å². The number of halogens is 5. The van der Waals surface area contributed by atoms with Crippen LogP contribution in [0.25, 0.3) is 0 Å². The average Bonchev–Trinajstić information content (AvgIpc) is 2.25. The smallest absolute Gasteiger partial charge is 0.144 e. The van der Waals surface area contributed by atoms with Crippen molar-refractivity contribution in [2.24, 2.45) is 0 Å². The van der Waals surface area contributed by atoms with Crippen molar-refractivity contribution in [2.75, 3.05) is 5.32 Å². The fourth-order valence-electron chi connectivity index (χ4n) is 1.29. The van der Waals surface area contributed by atoms with Crippen molar-refractivity contribution in [3.8, 4) is 0 Å². The molecule has 1 aromatic heterocycles. The number of hydrogen-bond acceptors (Lipinski definition) is 2. The maximum atomic E-state index is 13.1. The van der Waals surface area contributed by atoms with Gasteiger partial charge in [-0.25, -0.2) is 9.37 Å². The Balaban J connectivity index is 2.40. The molecule has 1 aromatic carbocycles. The van der Waals surface area contributed by atoms with Gasteiger partial charge in [0.15, 0.2) is 0 Å². The molecule has 0 saturated heterocycles. The molecule has 0 fully saturated rings. The minimum absolute atomic E-state index is 0.191. The van der Waals surface area contributed by atoms with Crippen LogP contribution in [0.1, 0.15) is 0 Å². The zero-order chi connectivity index (χ0) is 13.3. The van der Waals surface area contributed by atoms with Crippen LogP contribution >= 0.6 is 55.1 Å². The lowest BCUT2D eigenvalue weighted by molar-refractivity contribution is 0.628. The molecule has 0 aliphatic carbocycles. The molecule has 0 atom stereocenters. The lowest BCUT2D eigenvalue weighted by Crippen LogP contribution is -1.97. The van der Waals surface area contributed by atoms with Crippen molar-refractivity contribution >= 4 is 66.6 Å². The molecule has 0 spiro atoms. The van der Waals surface area contributed by atoms with Crippen molar-refractivity contribution in [1.29, 1.82) is 0 Å². The van der Waals surface area contributed by atoms with Crippen molar-refractivity contribution in [2.45, 2.75) is 0 Å². The fraction of sp³-hybridized carbons (Fsp3) is 0. The van der Waals surface area contributed by atoms with Gasteiger partial charge in [0.05, 0.1) is 20.2 Å². The quantitative estimate of drug-likeness (QED) is 0.672. The number of anilines is 2. The highest BCUT2D eigenvalue weighted by Gasteiger charge is 2.11. The number of benzene rings is 1. The molecule has 0 aliphatic heterocycles. The van der Waals surface area contributed by atoms with Crippen LogP contribution in [0.15, 0.2) is 33.3 Å². The second kappa shape index (κ2) is 5.74. The van der Waals surface area contributed by atoms with Gasteiger partial charge in [-0.15, -0.1) is 0 Å². The topological polar surface area (TPSA) is 24.9 Å². The SMILES string of the molecule is Fc1cc(Cl)c(Nc2ncc(Br)cc2Br)c(Cl)c1. The summed E-state index contributed by atoms with van der Waals surface area (Å²) in [5, 5.41) is 3.34. The number of aromatic nitrogens is 1. The van der Waals surface area contributed by atoms with Crippen LogP contribution in [0.5, 0.6) is 0 Å². The molecule has 1 N–H and O–H groups in total. The Morgan fingerprint density at radius 1 is 1.11 bits per heavy atom. The van der Waals surface area contributed by atoms with Gasteiger partial charge in [0.2, 0.25) is 0 Å². The van der Waals surface area contributed by atoms with E-state index in [0.29, 0.717) is 11.5 Å². The molecule has 2 rings (SSSR count). The maximum absolute atomic E-state index is 13.1. The second-order valence-corrected chi connectivity index (χ2v) is 5.94. The Bertz CT molecular complexity index is 585. The van der Waals surface area contributed by atoms with Crippen LogP contribution in [0.4, 0.5) is 15.9 Å². The zero-order valence-corrected chi connectivity index (χ0v) is 13.3. The standard InChI is InChI=1S/C11H5Br2Cl2FN2/c12-5-1-7(13)11(17-4-5)18-10-8(14)2-6(16)3-9(10)15/h1-4H,(H,17,18). The normalized spacial score (nSPS) is 10.5. The summed E-state index contributed by atoms with van der Waals surface area (Å²) in [4.78, 5) is 4.16. The first-order valence-electron chi connectivity index (χ1n) is 4.70. The van der Waals surface area contributed by atoms with Crippen molar-refractivity contribution < 1.29 is 4.39 Å². The molecular formula is C11H5Br2Cl2FN2. The molecule has 94 valence electrons. The highest BCUT2D eigenvalue weighted by atomic mass is 79.9. The van der Waals surface area contributed by atoms with E-state index in [-0.39, 0.29) is 10.0 Å². The number of nitrogens with one attached hydrogen (secondary N) is 1. The number of rotatable bonds is 2. The van der Waals surface area contributed by atoms with E-state index < -0.39 is 5.82 Å². The fourth-order valence-corrected chi connectivity index (χ4v) is 2.93. The van der Waals surface area contributed by atoms with Crippen LogP contribution < -0.4 is 5.32 Å². The van der Waals surface area contributed by atoms with Crippen molar-refractivity contribution in [1.82, 2.24) is 4.98 Å². The predicted octanol–water partition coefficient (Wildman–Crippen LogP) is 5.80. The summed E-state index contributed by atoms with van der Waals surface area (Å²) in [5.41, 5.74) is 0.412. The van der Waals surface area contributed by atoms with Gasteiger partial charge < -0.3 is 5.32 Å². The van der Waals surface area contributed by atoms with Crippen LogP contribution in [0, 0.1) is 5.82 Å². The van der Waals surface area contributed by atoms with Gasteiger partial charge in [-0.05, 0) is 50.1 Å². The number of hydrogen-bond donors (Lipinski definition) is 1. The van der Waals surface area contributed by atoms with Crippen LogP contribution in [-0.2, 0) is 0 Å². The van der Waals surface area contributed by atoms with Gasteiger partial charge in [-0.1, -0.05) is 23.2 Å². The summed E-state index contributed by atoms with van der Waals surface area (Å²) in [6.07, 6.45) is 1.62. The third kappa shape index (κ3) is 3.15. The molecule has 1 heterocycles. The molecule has 0 unspecified atom stereocenters. The largest absolute Gasteiger partial charge is 0.337 e. The van der Waals surface area contributed by atoms with Gasteiger partial charge in [-0.2, -0.15) is 0 Å². The average molecular weight is 415 g/mol. The summed E-state index contributed by atoms with van der Waals surface area (Å²) >= 11 is 18.5. The molecule has 0 amide bonds. The third-order valence-electron chi connectivity index (χ3n) is 2.06. The summed E-state index contributed by atoms with van der Waals surface area (Å²) in [7, 11) is 0. The Morgan fingerprint density at radius 2 is 1.72 bits per heavy atom. The molecule has 0 radical (unpaired) electrons. The monoisotopic (exact) mass is 412 g/mol. The lowest BCUT2D eigenvalue weighted by Gasteiger charge is -2.11. The van der Waals surface area contributed by atoms with E-state index >= 15 is 0 Å². The molecule has 0 bridgehead atoms. The van der Waals surface area contributed by atoms with Crippen LogP contribution in [0.2, 0.25) is 10.0 Å². The van der Waals surface area contributed by atoms with Crippen molar-refractivity contribution in [3.05, 3.63) is 49.2 Å². The summed E-state index contributed by atoms with van der Waals surface area (Å²) in [6, 6.07) is 4.19. The number of nitrogens with zero attached hydrogens (tertiary/aromatic N) is 1. The summed E-state index contributed by atoms with van der Waals surface area (Å²) in [5.74, 6) is 0.0481. The molecule has 18 heavy (non-hydrogen) atoms. The highest BCUT2D eigenvalue weighted by molar-refractivity contribution is 9.11. The van der Waals surface area contributed by atoms with Crippen LogP contribution in [0.3, 0.4) is 0 Å². The van der Waals surface area contributed by atoms with Crippen LogP contribution in [-0.4, -0.2) is 4.98 Å². The van der Waals surface area contributed by atoms with Gasteiger partial charge in [0.25, 0.3) is 0 Å². The van der Waals surface area contributed by atoms with E-state index in [0.717, 1.165) is 8.95 Å². The minimum Gasteiger partial charge on any atom is -0.337 e. The van der Waals surface area contributed by atoms with E-state index in [1.54, 1.807) is 6.20 Å². The Hall–Kier alpha value is -0.360. The molecule has 2 aromatic rings. The third-order valence-corrected chi connectivity index (χ3v) is 3.69. The Labute approximate surface area is 130 Å². The lowest BCUT2D eigenvalue weighted by atomic mass is 10.3. The first-order valence-corrected chi connectivity index (χ1v) is 7.04. The molecule has 0 aliphatic rings. The minimum atomic E-state index is -0.488. The Kier molecular flexibility index (Phi) is 4.48. The first kappa shape index (κ1) is 14.1.